The molecule has 72 valence electrons. The third-order valence-electron chi connectivity index (χ3n) is 1.96. The van der Waals surface area contributed by atoms with E-state index in [0.717, 1.165) is 0 Å². The Morgan fingerprint density at radius 1 is 1.62 bits per heavy atom. The van der Waals surface area contributed by atoms with Crippen molar-refractivity contribution >= 4 is 11.5 Å². The SMILES string of the molecule is CC(C)C(=N)C1=C(N)OCCC1=O. The smallest absolute Gasteiger partial charge is 0.197 e. The van der Waals surface area contributed by atoms with Crippen molar-refractivity contribution in [2.24, 2.45) is 11.7 Å². The number of ether oxygens (including phenoxy) is 1. The standard InChI is InChI=1S/C9H14N2O2/c1-5(2)8(10)7-6(12)3-4-13-9(7)11/h5,10H,3-4,11H2,1-2H3. The quantitative estimate of drug-likeness (QED) is 0.621. The number of rotatable bonds is 2. The van der Waals surface area contributed by atoms with Crippen LogP contribution in [0.1, 0.15) is 20.3 Å². The van der Waals surface area contributed by atoms with Crippen molar-refractivity contribution in [1.29, 1.82) is 5.41 Å². The highest BCUT2D eigenvalue weighted by Gasteiger charge is 2.25. The van der Waals surface area contributed by atoms with Crippen LogP contribution >= 0.6 is 0 Å². The third kappa shape index (κ3) is 1.88. The predicted molar refractivity (Wildman–Crippen MR) is 49.4 cm³/mol. The maximum atomic E-state index is 11.4. The predicted octanol–water partition coefficient (Wildman–Crippen LogP) is 0.822. The van der Waals surface area contributed by atoms with Crippen molar-refractivity contribution in [2.75, 3.05) is 6.61 Å². The molecule has 0 amide bonds. The molecule has 4 nitrogen and oxygen atoms in total. The van der Waals surface area contributed by atoms with Gasteiger partial charge in [0.15, 0.2) is 11.7 Å². The van der Waals surface area contributed by atoms with E-state index in [4.69, 9.17) is 15.9 Å². The second kappa shape index (κ2) is 3.60. The van der Waals surface area contributed by atoms with Gasteiger partial charge in [0.25, 0.3) is 0 Å². The molecule has 0 spiro atoms. The molecule has 4 heteroatoms. The first-order chi connectivity index (χ1) is 6.04. The summed E-state index contributed by atoms with van der Waals surface area (Å²) in [6, 6.07) is 0. The fourth-order valence-electron chi connectivity index (χ4n) is 1.16. The lowest BCUT2D eigenvalue weighted by molar-refractivity contribution is -0.117. The van der Waals surface area contributed by atoms with Crippen molar-refractivity contribution in [1.82, 2.24) is 0 Å². The van der Waals surface area contributed by atoms with Crippen molar-refractivity contribution in [3.05, 3.63) is 11.5 Å². The van der Waals surface area contributed by atoms with Crippen LogP contribution in [0.4, 0.5) is 0 Å². The highest BCUT2D eigenvalue weighted by molar-refractivity contribution is 6.22. The van der Waals surface area contributed by atoms with E-state index in [1.807, 2.05) is 13.8 Å². The van der Waals surface area contributed by atoms with Crippen LogP contribution in [-0.2, 0) is 9.53 Å². The van der Waals surface area contributed by atoms with Gasteiger partial charge in [0.1, 0.15) is 0 Å². The fourth-order valence-corrected chi connectivity index (χ4v) is 1.16. The maximum Gasteiger partial charge on any atom is 0.197 e. The first-order valence-corrected chi connectivity index (χ1v) is 4.28. The van der Waals surface area contributed by atoms with Crippen molar-refractivity contribution < 1.29 is 9.53 Å². The second-order valence-electron chi connectivity index (χ2n) is 3.33. The number of nitrogens with one attached hydrogen (secondary N) is 1. The Kier molecular flexibility index (Phi) is 2.70. The molecule has 1 heterocycles. The largest absolute Gasteiger partial charge is 0.478 e. The summed E-state index contributed by atoms with van der Waals surface area (Å²) >= 11 is 0. The zero-order valence-electron chi connectivity index (χ0n) is 7.89. The second-order valence-corrected chi connectivity index (χ2v) is 3.33. The number of Topliss-reactive ketones (excluding diaryl/α,β-unsaturated/α-hetero) is 1. The number of allylic oxidation sites excluding steroid dienone is 1. The number of ketones is 1. The molecule has 0 atom stereocenters. The summed E-state index contributed by atoms with van der Waals surface area (Å²) in [6.07, 6.45) is 0.325. The van der Waals surface area contributed by atoms with E-state index in [1.165, 1.54) is 0 Å². The topological polar surface area (TPSA) is 76.2 Å². The summed E-state index contributed by atoms with van der Waals surface area (Å²) in [5.41, 5.74) is 6.03. The van der Waals surface area contributed by atoms with E-state index >= 15 is 0 Å². The molecule has 0 unspecified atom stereocenters. The Labute approximate surface area is 77.3 Å². The van der Waals surface area contributed by atoms with Gasteiger partial charge in [0, 0.05) is 6.42 Å². The molecule has 0 aromatic rings. The minimum absolute atomic E-state index is 0.000741. The molecule has 1 aliphatic rings. The van der Waals surface area contributed by atoms with Crippen LogP contribution in [0.3, 0.4) is 0 Å². The summed E-state index contributed by atoms with van der Waals surface area (Å²) in [5.74, 6) is 0.0246. The molecule has 0 aromatic heterocycles. The summed E-state index contributed by atoms with van der Waals surface area (Å²) in [5, 5.41) is 7.66. The first-order valence-electron chi connectivity index (χ1n) is 4.28. The van der Waals surface area contributed by atoms with Gasteiger partial charge >= 0.3 is 0 Å². The number of carbonyl (C=O) groups excluding carboxylic acids is 1. The molecule has 1 aliphatic heterocycles. The van der Waals surface area contributed by atoms with Crippen LogP contribution < -0.4 is 5.73 Å². The lowest BCUT2D eigenvalue weighted by Gasteiger charge is -2.19. The molecular weight excluding hydrogens is 168 g/mol. The molecule has 0 fully saturated rings. The third-order valence-corrected chi connectivity index (χ3v) is 1.96. The van der Waals surface area contributed by atoms with E-state index in [9.17, 15) is 4.79 Å². The van der Waals surface area contributed by atoms with Gasteiger partial charge in [-0.15, -0.1) is 0 Å². The van der Waals surface area contributed by atoms with E-state index in [2.05, 4.69) is 0 Å². The van der Waals surface area contributed by atoms with Crippen LogP contribution in [0.25, 0.3) is 0 Å². The molecular formula is C9H14N2O2. The molecule has 0 radical (unpaired) electrons. The maximum absolute atomic E-state index is 11.4. The summed E-state index contributed by atoms with van der Waals surface area (Å²) in [7, 11) is 0. The molecule has 0 saturated heterocycles. The Morgan fingerprint density at radius 3 is 2.69 bits per heavy atom. The van der Waals surface area contributed by atoms with Gasteiger partial charge in [-0.3, -0.25) is 4.79 Å². The number of nitrogens with two attached hydrogens (primary N) is 1. The van der Waals surface area contributed by atoms with Crippen LogP contribution in [0.2, 0.25) is 0 Å². The van der Waals surface area contributed by atoms with Crippen molar-refractivity contribution in [3.8, 4) is 0 Å². The van der Waals surface area contributed by atoms with E-state index in [0.29, 0.717) is 13.0 Å². The van der Waals surface area contributed by atoms with E-state index in [1.54, 1.807) is 0 Å². The van der Waals surface area contributed by atoms with Gasteiger partial charge in [-0.05, 0) is 5.92 Å². The molecule has 3 N–H and O–H groups in total. The molecule has 0 bridgehead atoms. The zero-order valence-corrected chi connectivity index (χ0v) is 7.89. The van der Waals surface area contributed by atoms with Crippen LogP contribution in [0.15, 0.2) is 11.5 Å². The summed E-state index contributed by atoms with van der Waals surface area (Å²) in [6.45, 7) is 4.04. The van der Waals surface area contributed by atoms with Crippen molar-refractivity contribution in [2.45, 2.75) is 20.3 Å². The van der Waals surface area contributed by atoms with Crippen LogP contribution in [0, 0.1) is 11.3 Å². The number of hydrogen-bond donors (Lipinski definition) is 2. The number of hydrogen-bond acceptors (Lipinski definition) is 4. The molecule has 0 saturated carbocycles. The van der Waals surface area contributed by atoms with Gasteiger partial charge < -0.3 is 15.9 Å². The first kappa shape index (κ1) is 9.77. The minimum atomic E-state index is -0.0811. The Morgan fingerprint density at radius 2 is 2.23 bits per heavy atom. The van der Waals surface area contributed by atoms with Gasteiger partial charge in [-0.25, -0.2) is 0 Å². The highest BCUT2D eigenvalue weighted by Crippen LogP contribution is 2.16. The Hall–Kier alpha value is -1.32. The highest BCUT2D eigenvalue weighted by atomic mass is 16.5. The van der Waals surface area contributed by atoms with Gasteiger partial charge in [-0.1, -0.05) is 13.8 Å². The van der Waals surface area contributed by atoms with E-state index in [-0.39, 0.29) is 28.9 Å². The summed E-state index contributed by atoms with van der Waals surface area (Å²) in [4.78, 5) is 11.4. The van der Waals surface area contributed by atoms with Gasteiger partial charge in [0.2, 0.25) is 0 Å². The fraction of sp³-hybridized carbons (Fsp3) is 0.556. The molecule has 0 aliphatic carbocycles. The molecule has 0 aromatic carbocycles. The van der Waals surface area contributed by atoms with Crippen molar-refractivity contribution in [3.63, 3.8) is 0 Å². The normalized spacial score (nSPS) is 17.6. The average Bonchev–Trinajstić information content (AvgIpc) is 2.03. The van der Waals surface area contributed by atoms with Crippen LogP contribution in [0.5, 0.6) is 0 Å². The van der Waals surface area contributed by atoms with E-state index < -0.39 is 0 Å². The van der Waals surface area contributed by atoms with Crippen LogP contribution in [-0.4, -0.2) is 18.1 Å². The monoisotopic (exact) mass is 182 g/mol. The Bertz CT molecular complexity index is 279. The molecule has 13 heavy (non-hydrogen) atoms. The zero-order chi connectivity index (χ0) is 10.0. The minimum Gasteiger partial charge on any atom is -0.478 e. The Balaban J connectivity index is 2.98. The van der Waals surface area contributed by atoms with Gasteiger partial charge in [0.05, 0.1) is 17.9 Å². The van der Waals surface area contributed by atoms with Gasteiger partial charge in [-0.2, -0.15) is 0 Å². The number of carbonyl (C=O) groups is 1. The summed E-state index contributed by atoms with van der Waals surface area (Å²) < 4.78 is 5.03. The molecule has 1 rings (SSSR count). The average molecular weight is 182 g/mol. The lowest BCUT2D eigenvalue weighted by Crippen LogP contribution is -2.28. The lowest BCUT2D eigenvalue weighted by atomic mass is 9.95.